The highest BCUT2D eigenvalue weighted by molar-refractivity contribution is 5.27. The normalized spacial score (nSPS) is 13.7. The molecule has 0 bridgehead atoms. The van der Waals surface area contributed by atoms with Crippen LogP contribution in [0.2, 0.25) is 0 Å². The molecule has 0 aliphatic heterocycles. The molecule has 1 rings (SSSR count). The van der Waals surface area contributed by atoms with Crippen molar-refractivity contribution < 1.29 is 35.1 Å². The molecule has 0 radical (unpaired) electrons. The van der Waals surface area contributed by atoms with Gasteiger partial charge in [-0.15, -0.1) is 0 Å². The molecule has 20 heavy (non-hydrogen) atoms. The van der Waals surface area contributed by atoms with Gasteiger partial charge < -0.3 is 0 Å². The summed E-state index contributed by atoms with van der Waals surface area (Å²) in [4.78, 5) is 0. The predicted molar refractivity (Wildman–Crippen MR) is 51.6 cm³/mol. The standard InChI is InChI=1S/C10H8F8N2/c11-5-4(3(20-19)1-2-10(16,17)18)6(12)8(14)9(15)7(5)13/h3,20H,1-2,19H2. The fourth-order valence-electron chi connectivity index (χ4n) is 1.55. The lowest BCUT2D eigenvalue weighted by Gasteiger charge is -2.19. The molecule has 2 nitrogen and oxygen atoms in total. The van der Waals surface area contributed by atoms with Crippen molar-refractivity contribution in [3.8, 4) is 0 Å². The van der Waals surface area contributed by atoms with E-state index in [4.69, 9.17) is 5.84 Å². The van der Waals surface area contributed by atoms with Crippen molar-refractivity contribution in [1.29, 1.82) is 0 Å². The second-order valence-corrected chi connectivity index (χ2v) is 3.86. The van der Waals surface area contributed by atoms with E-state index in [2.05, 4.69) is 0 Å². The Balaban J connectivity index is 3.22. The van der Waals surface area contributed by atoms with Gasteiger partial charge in [0.15, 0.2) is 23.3 Å². The summed E-state index contributed by atoms with van der Waals surface area (Å²) in [7, 11) is 0. The van der Waals surface area contributed by atoms with Gasteiger partial charge in [0.25, 0.3) is 0 Å². The van der Waals surface area contributed by atoms with Crippen LogP contribution in [0.25, 0.3) is 0 Å². The quantitative estimate of drug-likeness (QED) is 0.295. The second kappa shape index (κ2) is 5.92. The van der Waals surface area contributed by atoms with Crippen LogP contribution in [-0.4, -0.2) is 6.18 Å². The number of halogens is 8. The minimum Gasteiger partial charge on any atom is -0.271 e. The third-order valence-electron chi connectivity index (χ3n) is 2.51. The van der Waals surface area contributed by atoms with Crippen LogP contribution in [0, 0.1) is 29.1 Å². The van der Waals surface area contributed by atoms with Crippen molar-refractivity contribution in [3.05, 3.63) is 34.6 Å². The van der Waals surface area contributed by atoms with Crippen LogP contribution in [0.1, 0.15) is 24.4 Å². The molecule has 1 atom stereocenters. The van der Waals surface area contributed by atoms with Crippen molar-refractivity contribution in [2.45, 2.75) is 25.1 Å². The Morgan fingerprint density at radius 1 is 0.850 bits per heavy atom. The molecule has 0 heterocycles. The Kier molecular flexibility index (Phi) is 4.92. The summed E-state index contributed by atoms with van der Waals surface area (Å²) in [6.07, 6.45) is -7.17. The van der Waals surface area contributed by atoms with E-state index in [0.29, 0.717) is 0 Å². The summed E-state index contributed by atoms with van der Waals surface area (Å²) in [5.41, 5.74) is 0.188. The van der Waals surface area contributed by atoms with Gasteiger partial charge in [0, 0.05) is 12.0 Å². The van der Waals surface area contributed by atoms with Crippen molar-refractivity contribution in [2.24, 2.45) is 5.84 Å². The molecule has 1 unspecified atom stereocenters. The molecule has 3 N–H and O–H groups in total. The average Bonchev–Trinajstić information content (AvgIpc) is 2.36. The zero-order chi connectivity index (χ0) is 15.7. The number of hydrazine groups is 1. The average molecular weight is 308 g/mol. The van der Waals surface area contributed by atoms with Crippen LogP contribution in [0.3, 0.4) is 0 Å². The maximum absolute atomic E-state index is 13.4. The number of nitrogens with two attached hydrogens (primary N) is 1. The van der Waals surface area contributed by atoms with Crippen LogP contribution >= 0.6 is 0 Å². The zero-order valence-corrected chi connectivity index (χ0v) is 9.59. The van der Waals surface area contributed by atoms with E-state index < -0.39 is 59.7 Å². The smallest absolute Gasteiger partial charge is 0.271 e. The highest BCUT2D eigenvalue weighted by Crippen LogP contribution is 2.32. The number of benzene rings is 1. The molecule has 10 heteroatoms. The molecule has 0 aliphatic carbocycles. The van der Waals surface area contributed by atoms with Crippen molar-refractivity contribution in [2.75, 3.05) is 0 Å². The summed E-state index contributed by atoms with van der Waals surface area (Å²) in [5, 5.41) is 0. The summed E-state index contributed by atoms with van der Waals surface area (Å²) in [5.74, 6) is -6.49. The monoisotopic (exact) mass is 308 g/mol. The lowest BCUT2D eigenvalue weighted by atomic mass is 10.0. The summed E-state index contributed by atoms with van der Waals surface area (Å²) >= 11 is 0. The van der Waals surface area contributed by atoms with Gasteiger partial charge in [-0.3, -0.25) is 11.3 Å². The van der Waals surface area contributed by atoms with E-state index in [1.165, 1.54) is 0 Å². The van der Waals surface area contributed by atoms with Gasteiger partial charge in [-0.25, -0.2) is 22.0 Å². The van der Waals surface area contributed by atoms with E-state index in [1.807, 2.05) is 0 Å². The van der Waals surface area contributed by atoms with E-state index in [1.54, 1.807) is 5.43 Å². The molecule has 114 valence electrons. The maximum atomic E-state index is 13.4. The number of hydrogen-bond acceptors (Lipinski definition) is 2. The first-order valence-corrected chi connectivity index (χ1v) is 5.14. The number of hydrogen-bond donors (Lipinski definition) is 2. The molecule has 0 spiro atoms. The zero-order valence-electron chi connectivity index (χ0n) is 9.59. The molecule has 0 amide bonds. The Hall–Kier alpha value is -1.42. The lowest BCUT2D eigenvalue weighted by Crippen LogP contribution is -2.31. The highest BCUT2D eigenvalue weighted by atomic mass is 19.4. The first kappa shape index (κ1) is 16.6. The van der Waals surface area contributed by atoms with E-state index in [9.17, 15) is 35.1 Å². The molecule has 1 aromatic carbocycles. The third kappa shape index (κ3) is 3.37. The van der Waals surface area contributed by atoms with Gasteiger partial charge in [0.2, 0.25) is 5.82 Å². The van der Waals surface area contributed by atoms with Gasteiger partial charge in [-0.1, -0.05) is 0 Å². The highest BCUT2D eigenvalue weighted by Gasteiger charge is 2.33. The Morgan fingerprint density at radius 3 is 1.60 bits per heavy atom. The van der Waals surface area contributed by atoms with Crippen LogP contribution in [0.15, 0.2) is 0 Å². The molecule has 0 saturated heterocycles. The van der Waals surface area contributed by atoms with Gasteiger partial charge in [0.1, 0.15) is 0 Å². The van der Waals surface area contributed by atoms with E-state index in [0.717, 1.165) is 0 Å². The summed E-state index contributed by atoms with van der Waals surface area (Å²) in [6.45, 7) is 0. The van der Waals surface area contributed by atoms with Crippen LogP contribution in [0.4, 0.5) is 35.1 Å². The minimum absolute atomic E-state index is 0.988. The number of nitrogens with one attached hydrogen (secondary N) is 1. The minimum atomic E-state index is -4.67. The molecular weight excluding hydrogens is 300 g/mol. The fraction of sp³-hybridized carbons (Fsp3) is 0.400. The van der Waals surface area contributed by atoms with E-state index in [-0.39, 0.29) is 0 Å². The molecule has 0 saturated carbocycles. The van der Waals surface area contributed by atoms with Crippen molar-refractivity contribution in [3.63, 3.8) is 0 Å². The van der Waals surface area contributed by atoms with Gasteiger partial charge >= 0.3 is 6.18 Å². The molecule has 0 fully saturated rings. The van der Waals surface area contributed by atoms with Gasteiger partial charge in [-0.05, 0) is 6.42 Å². The van der Waals surface area contributed by atoms with Crippen molar-refractivity contribution in [1.82, 2.24) is 5.43 Å². The van der Waals surface area contributed by atoms with Crippen molar-refractivity contribution >= 4 is 0 Å². The maximum Gasteiger partial charge on any atom is 0.389 e. The molecular formula is C10H8F8N2. The predicted octanol–water partition coefficient (Wildman–Crippen LogP) is 3.23. The van der Waals surface area contributed by atoms with E-state index >= 15 is 0 Å². The van der Waals surface area contributed by atoms with Crippen LogP contribution < -0.4 is 11.3 Å². The van der Waals surface area contributed by atoms with Gasteiger partial charge in [0.05, 0.1) is 6.04 Å². The SMILES string of the molecule is NNC(CCC(F)(F)F)c1c(F)c(F)c(F)c(F)c1F. The Bertz CT molecular complexity index is 470. The Morgan fingerprint density at radius 2 is 1.25 bits per heavy atom. The fourth-order valence-corrected chi connectivity index (χ4v) is 1.55. The summed E-state index contributed by atoms with van der Waals surface area (Å²) in [6, 6.07) is -1.87. The molecule has 0 aliphatic rings. The molecule has 1 aromatic rings. The third-order valence-corrected chi connectivity index (χ3v) is 2.51. The first-order valence-electron chi connectivity index (χ1n) is 5.14. The topological polar surface area (TPSA) is 38.0 Å². The number of rotatable bonds is 4. The van der Waals surface area contributed by atoms with Crippen LogP contribution in [-0.2, 0) is 0 Å². The van der Waals surface area contributed by atoms with Gasteiger partial charge in [-0.2, -0.15) is 13.2 Å². The first-order chi connectivity index (χ1) is 9.10. The Labute approximate surface area is 107 Å². The largest absolute Gasteiger partial charge is 0.389 e. The molecule has 0 aromatic heterocycles. The summed E-state index contributed by atoms with van der Waals surface area (Å²) < 4.78 is 101. The number of alkyl halides is 3. The lowest BCUT2D eigenvalue weighted by molar-refractivity contribution is -0.136. The van der Waals surface area contributed by atoms with Crippen LogP contribution in [0.5, 0.6) is 0 Å². The second-order valence-electron chi connectivity index (χ2n) is 3.86.